The maximum absolute atomic E-state index is 11.7. The standard InChI is InChI=1S/C13H18O4S/c1-2-6-12(14)9-18(16,17)10-13(15)11-7-4-3-5-8-11/h2-8,12-15H,9-10H2,1H3/b6-2+. The third-order valence-corrected chi connectivity index (χ3v) is 4.11. The van der Waals surface area contributed by atoms with Crippen molar-refractivity contribution < 1.29 is 18.6 Å². The maximum atomic E-state index is 11.7. The zero-order valence-electron chi connectivity index (χ0n) is 10.2. The van der Waals surface area contributed by atoms with E-state index in [4.69, 9.17) is 0 Å². The van der Waals surface area contributed by atoms with E-state index in [0.717, 1.165) is 0 Å². The van der Waals surface area contributed by atoms with E-state index in [2.05, 4.69) is 0 Å². The van der Waals surface area contributed by atoms with Gasteiger partial charge in [0.25, 0.3) is 0 Å². The van der Waals surface area contributed by atoms with Gasteiger partial charge in [-0.05, 0) is 12.5 Å². The van der Waals surface area contributed by atoms with Crippen molar-refractivity contribution in [3.8, 4) is 0 Å². The van der Waals surface area contributed by atoms with E-state index < -0.39 is 22.0 Å². The second-order valence-electron chi connectivity index (χ2n) is 4.10. The first-order valence-electron chi connectivity index (χ1n) is 5.69. The summed E-state index contributed by atoms with van der Waals surface area (Å²) in [5, 5.41) is 19.2. The zero-order valence-corrected chi connectivity index (χ0v) is 11.0. The van der Waals surface area contributed by atoms with Crippen LogP contribution in [0.5, 0.6) is 0 Å². The van der Waals surface area contributed by atoms with Crippen molar-refractivity contribution in [3.63, 3.8) is 0 Å². The average molecular weight is 270 g/mol. The Bertz CT molecular complexity index is 479. The van der Waals surface area contributed by atoms with E-state index >= 15 is 0 Å². The maximum Gasteiger partial charge on any atom is 0.156 e. The SMILES string of the molecule is C/C=C/C(O)CS(=O)(=O)CC(O)c1ccccc1. The Morgan fingerprint density at radius 1 is 1.17 bits per heavy atom. The molecule has 1 rings (SSSR count). The molecule has 2 unspecified atom stereocenters. The normalized spacial score (nSPS) is 15.7. The Labute approximate surface area is 108 Å². The van der Waals surface area contributed by atoms with Crippen molar-refractivity contribution in [3.05, 3.63) is 48.0 Å². The summed E-state index contributed by atoms with van der Waals surface area (Å²) in [7, 11) is -3.50. The lowest BCUT2D eigenvalue weighted by Gasteiger charge is -2.12. The van der Waals surface area contributed by atoms with Crippen LogP contribution >= 0.6 is 0 Å². The molecule has 18 heavy (non-hydrogen) atoms. The number of aliphatic hydroxyl groups excluding tert-OH is 2. The molecule has 100 valence electrons. The van der Waals surface area contributed by atoms with E-state index in [1.807, 2.05) is 0 Å². The highest BCUT2D eigenvalue weighted by Gasteiger charge is 2.21. The topological polar surface area (TPSA) is 74.6 Å². The van der Waals surface area contributed by atoms with Gasteiger partial charge in [-0.25, -0.2) is 8.42 Å². The van der Waals surface area contributed by atoms with Crippen molar-refractivity contribution in [2.24, 2.45) is 0 Å². The Morgan fingerprint density at radius 2 is 1.78 bits per heavy atom. The fourth-order valence-electron chi connectivity index (χ4n) is 1.62. The van der Waals surface area contributed by atoms with Crippen LogP contribution in [0.2, 0.25) is 0 Å². The smallest absolute Gasteiger partial charge is 0.156 e. The molecule has 0 saturated heterocycles. The van der Waals surface area contributed by atoms with Gasteiger partial charge in [-0.2, -0.15) is 0 Å². The van der Waals surface area contributed by atoms with Gasteiger partial charge in [0.05, 0.1) is 23.7 Å². The molecule has 0 spiro atoms. The van der Waals surface area contributed by atoms with Crippen molar-refractivity contribution in [1.29, 1.82) is 0 Å². The summed E-state index contributed by atoms with van der Waals surface area (Å²) >= 11 is 0. The fraction of sp³-hybridized carbons (Fsp3) is 0.385. The summed E-state index contributed by atoms with van der Waals surface area (Å²) in [5.41, 5.74) is 0.557. The van der Waals surface area contributed by atoms with Gasteiger partial charge in [-0.1, -0.05) is 42.5 Å². The number of benzene rings is 1. The molecule has 4 nitrogen and oxygen atoms in total. The molecule has 2 N–H and O–H groups in total. The number of hydrogen-bond donors (Lipinski definition) is 2. The Balaban J connectivity index is 2.66. The molecule has 0 radical (unpaired) electrons. The van der Waals surface area contributed by atoms with Crippen LogP contribution in [-0.2, 0) is 9.84 Å². The largest absolute Gasteiger partial charge is 0.388 e. The lowest BCUT2D eigenvalue weighted by atomic mass is 10.1. The third kappa shape index (κ3) is 5.00. The minimum Gasteiger partial charge on any atom is -0.388 e. The summed E-state index contributed by atoms with van der Waals surface area (Å²) < 4.78 is 23.5. The number of sulfone groups is 1. The minimum absolute atomic E-state index is 0.374. The molecule has 0 bridgehead atoms. The second-order valence-corrected chi connectivity index (χ2v) is 6.25. The molecule has 0 aliphatic rings. The van der Waals surface area contributed by atoms with Crippen molar-refractivity contribution in [1.82, 2.24) is 0 Å². The highest BCUT2D eigenvalue weighted by atomic mass is 32.2. The molecule has 0 saturated carbocycles. The molecular weight excluding hydrogens is 252 g/mol. The lowest BCUT2D eigenvalue weighted by Crippen LogP contribution is -2.24. The van der Waals surface area contributed by atoms with Crippen molar-refractivity contribution >= 4 is 9.84 Å². The molecule has 1 aromatic rings. The molecule has 0 aliphatic heterocycles. The average Bonchev–Trinajstić information content (AvgIpc) is 2.29. The number of rotatable bonds is 6. The molecule has 1 aromatic carbocycles. The second kappa shape index (κ2) is 6.68. The van der Waals surface area contributed by atoms with Crippen molar-refractivity contribution in [2.75, 3.05) is 11.5 Å². The summed E-state index contributed by atoms with van der Waals surface area (Å²) in [6, 6.07) is 8.60. The molecule has 0 aromatic heterocycles. The number of allylic oxidation sites excluding steroid dienone is 1. The van der Waals surface area contributed by atoms with Gasteiger partial charge in [0.1, 0.15) is 0 Å². The highest BCUT2D eigenvalue weighted by Crippen LogP contribution is 2.15. The predicted octanol–water partition coefficient (Wildman–Crippen LogP) is 1.07. The highest BCUT2D eigenvalue weighted by molar-refractivity contribution is 7.91. The van der Waals surface area contributed by atoms with Crippen LogP contribution in [0, 0.1) is 0 Å². The van der Waals surface area contributed by atoms with E-state index in [-0.39, 0.29) is 11.5 Å². The zero-order chi connectivity index (χ0) is 13.6. The van der Waals surface area contributed by atoms with Crippen LogP contribution in [0.1, 0.15) is 18.6 Å². The van der Waals surface area contributed by atoms with Crippen LogP contribution in [0.3, 0.4) is 0 Å². The van der Waals surface area contributed by atoms with E-state index in [9.17, 15) is 18.6 Å². The minimum atomic E-state index is -3.50. The first-order chi connectivity index (χ1) is 8.44. The molecule has 5 heteroatoms. The molecule has 0 amide bonds. The molecule has 0 aliphatic carbocycles. The summed E-state index contributed by atoms with van der Waals surface area (Å²) in [6.45, 7) is 1.70. The van der Waals surface area contributed by atoms with Gasteiger partial charge in [-0.15, -0.1) is 0 Å². The summed E-state index contributed by atoms with van der Waals surface area (Å²) in [4.78, 5) is 0. The van der Waals surface area contributed by atoms with Gasteiger partial charge in [0.2, 0.25) is 0 Å². The predicted molar refractivity (Wildman–Crippen MR) is 70.9 cm³/mol. The van der Waals surface area contributed by atoms with E-state index in [0.29, 0.717) is 5.56 Å². The van der Waals surface area contributed by atoms with Gasteiger partial charge in [0.15, 0.2) is 9.84 Å². The Morgan fingerprint density at radius 3 is 2.33 bits per heavy atom. The van der Waals surface area contributed by atoms with Gasteiger partial charge in [0, 0.05) is 0 Å². The lowest BCUT2D eigenvalue weighted by molar-refractivity contribution is 0.200. The summed E-state index contributed by atoms with van der Waals surface area (Å²) in [5.74, 6) is -0.757. The van der Waals surface area contributed by atoms with Gasteiger partial charge < -0.3 is 10.2 Å². The first-order valence-corrected chi connectivity index (χ1v) is 7.51. The molecule has 0 fully saturated rings. The third-order valence-electron chi connectivity index (χ3n) is 2.44. The fourth-order valence-corrected chi connectivity index (χ4v) is 3.06. The quantitative estimate of drug-likeness (QED) is 0.758. The molecule has 0 heterocycles. The monoisotopic (exact) mass is 270 g/mol. The van der Waals surface area contributed by atoms with Gasteiger partial charge >= 0.3 is 0 Å². The van der Waals surface area contributed by atoms with Gasteiger partial charge in [-0.3, -0.25) is 0 Å². The van der Waals surface area contributed by atoms with Crippen LogP contribution in [0.4, 0.5) is 0 Å². The number of hydrogen-bond acceptors (Lipinski definition) is 4. The van der Waals surface area contributed by atoms with Crippen molar-refractivity contribution in [2.45, 2.75) is 19.1 Å². The molecular formula is C13H18O4S. The van der Waals surface area contributed by atoms with E-state index in [1.165, 1.54) is 6.08 Å². The summed E-state index contributed by atoms with van der Waals surface area (Å²) in [6.07, 6.45) is 0.914. The number of aliphatic hydroxyl groups is 2. The van der Waals surface area contributed by atoms with Crippen LogP contribution < -0.4 is 0 Å². The van der Waals surface area contributed by atoms with E-state index in [1.54, 1.807) is 43.3 Å². The first kappa shape index (κ1) is 14.9. The molecule has 2 atom stereocenters. The van der Waals surface area contributed by atoms with Crippen LogP contribution in [0.25, 0.3) is 0 Å². The Kier molecular flexibility index (Phi) is 5.53. The van der Waals surface area contributed by atoms with Crippen LogP contribution in [-0.4, -0.2) is 36.2 Å². The van der Waals surface area contributed by atoms with Crippen LogP contribution in [0.15, 0.2) is 42.5 Å². The Hall–Kier alpha value is -1.17.